The molecule has 0 bridgehead atoms. The molecule has 0 fully saturated rings. The van der Waals surface area contributed by atoms with Gasteiger partial charge in [0.15, 0.2) is 0 Å². The number of rotatable bonds is 5. The van der Waals surface area contributed by atoms with Crippen molar-refractivity contribution in [1.29, 1.82) is 0 Å². The fourth-order valence-corrected chi connectivity index (χ4v) is 2.68. The van der Waals surface area contributed by atoms with E-state index in [0.29, 0.717) is 17.3 Å². The molecule has 4 heteroatoms. The molecule has 0 spiro atoms. The molecular weight excluding hydrogens is 310 g/mol. The van der Waals surface area contributed by atoms with Gasteiger partial charge in [-0.3, -0.25) is 4.79 Å². The van der Waals surface area contributed by atoms with Gasteiger partial charge in [-0.25, -0.2) is 0 Å². The number of hydrogen-bond acceptors (Lipinski definition) is 2. The van der Waals surface area contributed by atoms with E-state index in [4.69, 9.17) is 16.3 Å². The van der Waals surface area contributed by atoms with Crippen molar-refractivity contribution in [2.24, 2.45) is 0 Å². The molecule has 1 amide bonds. The molecule has 0 saturated carbocycles. The highest BCUT2D eigenvalue weighted by Gasteiger charge is 2.08. The van der Waals surface area contributed by atoms with Crippen LogP contribution in [0, 0.1) is 13.8 Å². The lowest BCUT2D eigenvalue weighted by molar-refractivity contribution is -0.111. The Hall–Kier alpha value is -2.26. The highest BCUT2D eigenvalue weighted by atomic mass is 35.5. The molecule has 2 rings (SSSR count). The highest BCUT2D eigenvalue weighted by molar-refractivity contribution is 6.34. The van der Waals surface area contributed by atoms with E-state index in [-0.39, 0.29) is 5.91 Å². The maximum atomic E-state index is 12.1. The summed E-state index contributed by atoms with van der Waals surface area (Å²) in [6.45, 7) is 6.39. The Morgan fingerprint density at radius 3 is 2.70 bits per heavy atom. The number of amides is 1. The predicted octanol–water partition coefficient (Wildman–Crippen LogP) is 5.01. The standard InChI is InChI=1S/C19H20ClNO2/c1-4-23-17-8-6-5-7-15(17)9-10-18(22)21-19-14(3)11-13(2)12-16(19)20/h5-12H,4H2,1-3H3,(H,21,22). The Morgan fingerprint density at radius 2 is 2.00 bits per heavy atom. The zero-order valence-electron chi connectivity index (χ0n) is 13.5. The minimum atomic E-state index is -0.231. The van der Waals surface area contributed by atoms with Crippen LogP contribution in [-0.2, 0) is 4.79 Å². The van der Waals surface area contributed by atoms with E-state index >= 15 is 0 Å². The number of anilines is 1. The molecule has 0 aromatic heterocycles. The fraction of sp³-hybridized carbons (Fsp3) is 0.211. The third-order valence-electron chi connectivity index (χ3n) is 3.31. The van der Waals surface area contributed by atoms with Gasteiger partial charge in [0, 0.05) is 11.6 Å². The van der Waals surface area contributed by atoms with E-state index in [1.807, 2.05) is 57.2 Å². The van der Waals surface area contributed by atoms with Crippen LogP contribution in [-0.4, -0.2) is 12.5 Å². The van der Waals surface area contributed by atoms with Gasteiger partial charge in [-0.2, -0.15) is 0 Å². The topological polar surface area (TPSA) is 38.3 Å². The highest BCUT2D eigenvalue weighted by Crippen LogP contribution is 2.27. The molecule has 23 heavy (non-hydrogen) atoms. The largest absolute Gasteiger partial charge is 0.493 e. The van der Waals surface area contributed by atoms with E-state index in [0.717, 1.165) is 22.4 Å². The summed E-state index contributed by atoms with van der Waals surface area (Å²) in [7, 11) is 0. The normalized spacial score (nSPS) is 10.8. The van der Waals surface area contributed by atoms with Gasteiger partial charge in [-0.05, 0) is 50.1 Å². The van der Waals surface area contributed by atoms with Gasteiger partial charge in [0.1, 0.15) is 5.75 Å². The van der Waals surface area contributed by atoms with E-state index in [1.54, 1.807) is 6.08 Å². The molecule has 0 heterocycles. The molecule has 0 unspecified atom stereocenters. The number of carbonyl (C=O) groups is 1. The van der Waals surface area contributed by atoms with Crippen molar-refractivity contribution in [2.45, 2.75) is 20.8 Å². The van der Waals surface area contributed by atoms with Crippen molar-refractivity contribution in [3.63, 3.8) is 0 Å². The third-order valence-corrected chi connectivity index (χ3v) is 3.61. The Labute approximate surface area is 141 Å². The van der Waals surface area contributed by atoms with E-state index in [2.05, 4.69) is 5.32 Å². The molecule has 0 aliphatic heterocycles. The monoisotopic (exact) mass is 329 g/mol. The number of halogens is 1. The van der Waals surface area contributed by atoms with E-state index in [1.165, 1.54) is 6.08 Å². The van der Waals surface area contributed by atoms with Crippen LogP contribution in [0.5, 0.6) is 5.75 Å². The molecule has 2 aromatic rings. The number of benzene rings is 2. The van der Waals surface area contributed by atoms with Gasteiger partial charge in [-0.1, -0.05) is 35.9 Å². The minimum Gasteiger partial charge on any atom is -0.493 e. The van der Waals surface area contributed by atoms with Crippen molar-refractivity contribution in [1.82, 2.24) is 0 Å². The van der Waals surface area contributed by atoms with Crippen LogP contribution in [0.3, 0.4) is 0 Å². The quantitative estimate of drug-likeness (QED) is 0.783. The SMILES string of the molecule is CCOc1ccccc1C=CC(=O)Nc1c(C)cc(C)cc1Cl. The maximum absolute atomic E-state index is 12.1. The van der Waals surface area contributed by atoms with E-state index < -0.39 is 0 Å². The summed E-state index contributed by atoms with van der Waals surface area (Å²) in [5, 5.41) is 3.37. The molecule has 0 aliphatic rings. The van der Waals surface area contributed by atoms with Crippen LogP contribution >= 0.6 is 11.6 Å². The number of nitrogens with one attached hydrogen (secondary N) is 1. The molecule has 0 aliphatic carbocycles. The first-order valence-corrected chi connectivity index (χ1v) is 7.86. The minimum absolute atomic E-state index is 0.231. The summed E-state index contributed by atoms with van der Waals surface area (Å²) in [6, 6.07) is 11.4. The summed E-state index contributed by atoms with van der Waals surface area (Å²) in [6.07, 6.45) is 3.21. The van der Waals surface area contributed by atoms with Crippen molar-refractivity contribution >= 4 is 29.3 Å². The second-order valence-electron chi connectivity index (χ2n) is 5.23. The molecule has 0 radical (unpaired) electrons. The number of carbonyl (C=O) groups excluding carboxylic acids is 1. The average Bonchev–Trinajstić information content (AvgIpc) is 2.50. The zero-order valence-corrected chi connectivity index (χ0v) is 14.3. The summed E-state index contributed by atoms with van der Waals surface area (Å²) in [4.78, 5) is 12.1. The molecule has 0 atom stereocenters. The first-order valence-electron chi connectivity index (χ1n) is 7.49. The zero-order chi connectivity index (χ0) is 16.8. The fourth-order valence-electron chi connectivity index (χ4n) is 2.31. The van der Waals surface area contributed by atoms with Crippen LogP contribution in [0.15, 0.2) is 42.5 Å². The second kappa shape index (κ2) is 7.84. The van der Waals surface area contributed by atoms with E-state index in [9.17, 15) is 4.79 Å². The molecule has 120 valence electrons. The molecule has 1 N–H and O–H groups in total. The second-order valence-corrected chi connectivity index (χ2v) is 5.64. The smallest absolute Gasteiger partial charge is 0.248 e. The predicted molar refractivity (Wildman–Crippen MR) is 96.2 cm³/mol. The first kappa shape index (κ1) is 17.1. The molecular formula is C19H20ClNO2. The maximum Gasteiger partial charge on any atom is 0.248 e. The summed E-state index contributed by atoms with van der Waals surface area (Å²) < 4.78 is 5.53. The Morgan fingerprint density at radius 1 is 1.26 bits per heavy atom. The summed E-state index contributed by atoms with van der Waals surface area (Å²) in [5.41, 5.74) is 3.50. The Balaban J connectivity index is 2.14. The molecule has 2 aromatic carbocycles. The lowest BCUT2D eigenvalue weighted by atomic mass is 10.1. The molecule has 3 nitrogen and oxygen atoms in total. The lowest BCUT2D eigenvalue weighted by Gasteiger charge is -2.10. The molecule has 0 saturated heterocycles. The van der Waals surface area contributed by atoms with Crippen molar-refractivity contribution in [3.05, 3.63) is 64.2 Å². The van der Waals surface area contributed by atoms with Crippen LogP contribution in [0.4, 0.5) is 5.69 Å². The number of aryl methyl sites for hydroxylation is 2. The average molecular weight is 330 g/mol. The van der Waals surface area contributed by atoms with Gasteiger partial charge in [0.2, 0.25) is 5.91 Å². The van der Waals surface area contributed by atoms with Crippen LogP contribution in [0.1, 0.15) is 23.6 Å². The van der Waals surface area contributed by atoms with Gasteiger partial charge >= 0.3 is 0 Å². The summed E-state index contributed by atoms with van der Waals surface area (Å²) >= 11 is 6.20. The number of hydrogen-bond donors (Lipinski definition) is 1. The van der Waals surface area contributed by atoms with Gasteiger partial charge in [-0.15, -0.1) is 0 Å². The summed E-state index contributed by atoms with van der Waals surface area (Å²) in [5.74, 6) is 0.522. The van der Waals surface area contributed by atoms with Crippen molar-refractivity contribution in [2.75, 3.05) is 11.9 Å². The van der Waals surface area contributed by atoms with Crippen LogP contribution < -0.4 is 10.1 Å². The lowest BCUT2D eigenvalue weighted by Crippen LogP contribution is -2.09. The van der Waals surface area contributed by atoms with Gasteiger partial charge in [0.05, 0.1) is 17.3 Å². The third kappa shape index (κ3) is 4.60. The van der Waals surface area contributed by atoms with Crippen molar-refractivity contribution < 1.29 is 9.53 Å². The number of ether oxygens (including phenoxy) is 1. The van der Waals surface area contributed by atoms with Gasteiger partial charge in [0.25, 0.3) is 0 Å². The van der Waals surface area contributed by atoms with Crippen molar-refractivity contribution in [3.8, 4) is 5.75 Å². The van der Waals surface area contributed by atoms with Gasteiger partial charge < -0.3 is 10.1 Å². The Bertz CT molecular complexity index is 715. The van der Waals surface area contributed by atoms with Crippen LogP contribution in [0.2, 0.25) is 5.02 Å². The first-order chi connectivity index (χ1) is 11.0. The van der Waals surface area contributed by atoms with Crippen LogP contribution in [0.25, 0.3) is 6.08 Å². The number of para-hydroxylation sites is 1. The Kier molecular flexibility index (Phi) is 5.83.